The highest BCUT2D eigenvalue weighted by molar-refractivity contribution is 7.01. The number of benzene rings is 7. The summed E-state index contributed by atoms with van der Waals surface area (Å²) in [6.45, 7) is 0.0951. The van der Waals surface area contributed by atoms with Crippen molar-refractivity contribution in [3.63, 3.8) is 0 Å². The molecule has 11 rings (SSSR count). The van der Waals surface area contributed by atoms with Gasteiger partial charge in [-0.15, -0.1) is 0 Å². The first-order chi connectivity index (χ1) is 26.3. The van der Waals surface area contributed by atoms with Gasteiger partial charge in [-0.1, -0.05) is 109 Å². The van der Waals surface area contributed by atoms with Gasteiger partial charge in [0.15, 0.2) is 7.28 Å². The van der Waals surface area contributed by atoms with Crippen molar-refractivity contribution in [3.05, 3.63) is 182 Å². The van der Waals surface area contributed by atoms with Gasteiger partial charge >= 0.3 is 0 Å². The fourth-order valence-corrected chi connectivity index (χ4v) is 8.91. The van der Waals surface area contributed by atoms with E-state index in [4.69, 9.17) is 0 Å². The summed E-state index contributed by atoms with van der Waals surface area (Å²) in [5.41, 5.74) is 20.9. The molecule has 8 aromatic rings. The Bertz CT molecular complexity index is 2690. The molecule has 0 bridgehead atoms. The monoisotopic (exact) mass is 674 g/mol. The zero-order valence-corrected chi connectivity index (χ0v) is 28.9. The molecule has 4 heterocycles. The maximum absolute atomic E-state index is 4.29. The van der Waals surface area contributed by atoms with E-state index in [9.17, 15) is 0 Å². The van der Waals surface area contributed by atoms with Crippen LogP contribution >= 0.6 is 0 Å². The Morgan fingerprint density at radius 3 is 1.91 bits per heavy atom. The van der Waals surface area contributed by atoms with Crippen molar-refractivity contribution in [2.45, 2.75) is 0 Å². The number of pyridine rings is 1. The fourth-order valence-electron chi connectivity index (χ4n) is 8.91. The van der Waals surface area contributed by atoms with Crippen LogP contribution in [0, 0.1) is 0 Å². The molecule has 6 heteroatoms. The summed E-state index contributed by atoms with van der Waals surface area (Å²) in [6.07, 6.45) is 3.73. The van der Waals surface area contributed by atoms with Crippen LogP contribution in [0.2, 0.25) is 0 Å². The van der Waals surface area contributed by atoms with E-state index in [-0.39, 0.29) is 6.71 Å². The predicted octanol–water partition coefficient (Wildman–Crippen LogP) is 7.94. The second kappa shape index (κ2) is 11.9. The maximum Gasteiger partial charge on any atom is 0.252 e. The number of hydrogen-bond acceptors (Lipinski definition) is 4. The number of nitrogens with zero attached hydrogens (tertiary/aromatic N) is 3. The number of nitrogens with one attached hydrogen (secondary N) is 1. The van der Waals surface area contributed by atoms with Crippen molar-refractivity contribution >= 4 is 86.8 Å². The smallest absolute Gasteiger partial charge is 0.252 e. The average molecular weight is 674 g/mol. The number of hydrogen-bond donors (Lipinski definition) is 1. The van der Waals surface area contributed by atoms with E-state index in [2.05, 4.69) is 190 Å². The molecular weight excluding hydrogens is 642 g/mol. The van der Waals surface area contributed by atoms with E-state index in [0.29, 0.717) is 0 Å². The first kappa shape index (κ1) is 29.9. The van der Waals surface area contributed by atoms with E-state index in [1.165, 1.54) is 66.9 Å². The maximum atomic E-state index is 4.29. The summed E-state index contributed by atoms with van der Waals surface area (Å²) in [5, 5.41) is 3.85. The predicted molar refractivity (Wildman–Crippen MR) is 225 cm³/mol. The highest BCUT2D eigenvalue weighted by Crippen LogP contribution is 2.46. The van der Waals surface area contributed by atoms with Crippen LogP contribution in [0.25, 0.3) is 22.3 Å². The number of anilines is 8. The van der Waals surface area contributed by atoms with Gasteiger partial charge in [0.2, 0.25) is 0 Å². The molecule has 0 radical (unpaired) electrons. The van der Waals surface area contributed by atoms with Gasteiger partial charge in [0.25, 0.3) is 6.71 Å². The van der Waals surface area contributed by atoms with Crippen LogP contribution < -0.4 is 42.4 Å². The molecule has 246 valence electrons. The quantitative estimate of drug-likeness (QED) is 0.188. The molecule has 0 saturated carbocycles. The summed E-state index contributed by atoms with van der Waals surface area (Å²) < 4.78 is 0. The lowest BCUT2D eigenvalue weighted by atomic mass is 9.32. The molecule has 0 saturated heterocycles. The summed E-state index contributed by atoms with van der Waals surface area (Å²) in [5.74, 6) is 0. The minimum absolute atomic E-state index is 0.0951. The van der Waals surface area contributed by atoms with Crippen LogP contribution in [0.1, 0.15) is 0 Å². The van der Waals surface area contributed by atoms with E-state index in [0.717, 1.165) is 35.5 Å². The normalized spacial score (nSPS) is 12.9. The number of rotatable bonds is 5. The molecule has 0 spiro atoms. The minimum Gasteiger partial charge on any atom is -0.355 e. The lowest BCUT2D eigenvalue weighted by molar-refractivity contribution is 1.26. The first-order valence-corrected chi connectivity index (χ1v) is 18.3. The average Bonchev–Trinajstić information content (AvgIpc) is 3.23. The van der Waals surface area contributed by atoms with Crippen LogP contribution in [0.3, 0.4) is 0 Å². The fraction of sp³-hybridized carbons (Fsp3) is 0. The van der Waals surface area contributed by atoms with Crippen LogP contribution in [-0.2, 0) is 0 Å². The lowest BCUT2D eigenvalue weighted by Gasteiger charge is -2.47. The Kier molecular flexibility index (Phi) is 6.71. The van der Waals surface area contributed by atoms with E-state index >= 15 is 0 Å². The second-order valence-corrected chi connectivity index (χ2v) is 14.0. The van der Waals surface area contributed by atoms with E-state index in [1.54, 1.807) is 0 Å². The van der Waals surface area contributed by atoms with Crippen LogP contribution in [0.4, 0.5) is 45.5 Å². The topological polar surface area (TPSA) is 31.4 Å². The summed E-state index contributed by atoms with van der Waals surface area (Å²) in [6, 6.07) is 61.9. The molecule has 1 N–H and O–H groups in total. The van der Waals surface area contributed by atoms with E-state index in [1.807, 2.05) is 12.4 Å². The minimum atomic E-state index is 0.0951. The molecule has 0 unspecified atom stereocenters. The summed E-state index contributed by atoms with van der Waals surface area (Å²) in [4.78, 5) is 9.35. The molecule has 7 aromatic carbocycles. The third-order valence-electron chi connectivity index (χ3n) is 11.1. The van der Waals surface area contributed by atoms with Crippen molar-refractivity contribution in [2.75, 3.05) is 15.1 Å². The lowest BCUT2D eigenvalue weighted by Crippen LogP contribution is -2.64. The summed E-state index contributed by atoms with van der Waals surface area (Å²) >= 11 is 0. The van der Waals surface area contributed by atoms with Crippen molar-refractivity contribution in [2.24, 2.45) is 0 Å². The van der Waals surface area contributed by atoms with Gasteiger partial charge in [-0.2, -0.15) is 0 Å². The van der Waals surface area contributed by atoms with Crippen molar-refractivity contribution in [1.82, 2.24) is 4.98 Å². The summed E-state index contributed by atoms with van der Waals surface area (Å²) in [7, 11) is 0.837. The highest BCUT2D eigenvalue weighted by Gasteiger charge is 2.46. The van der Waals surface area contributed by atoms with E-state index < -0.39 is 0 Å². The van der Waals surface area contributed by atoms with Crippen molar-refractivity contribution in [1.29, 1.82) is 0 Å². The van der Waals surface area contributed by atoms with Crippen molar-refractivity contribution in [3.8, 4) is 22.3 Å². The Morgan fingerprint density at radius 2 is 1.15 bits per heavy atom. The molecule has 3 aliphatic heterocycles. The third-order valence-corrected chi connectivity index (χ3v) is 11.1. The molecule has 0 aliphatic carbocycles. The molecule has 3 aliphatic rings. The number of para-hydroxylation sites is 5. The van der Waals surface area contributed by atoms with Gasteiger partial charge in [-0.3, -0.25) is 4.98 Å². The molecule has 1 aromatic heterocycles. The molecule has 0 atom stereocenters. The number of aromatic nitrogens is 1. The molecule has 53 heavy (non-hydrogen) atoms. The van der Waals surface area contributed by atoms with Gasteiger partial charge in [-0.25, -0.2) is 0 Å². The SMILES string of the molecule is B1c2ccccc2N2c3ccccc3B3c4ccccc4N(c4ccccc4)c4cc(-c5ccc(-c6ccncc6)cc5Nc5ccccc5)c1c2c43. The van der Waals surface area contributed by atoms with Gasteiger partial charge in [-0.05, 0) is 105 Å². The van der Waals surface area contributed by atoms with Crippen LogP contribution in [0.5, 0.6) is 0 Å². The Hall–Kier alpha value is -6.78. The third kappa shape index (κ3) is 4.62. The van der Waals surface area contributed by atoms with Gasteiger partial charge in [0.05, 0.1) is 0 Å². The standard InChI is InChI=1S/C47H32B2N4/c1-3-13-33(14-4-1)51-40-29-32(31-25-27-50-28-26-31)23-24-35(40)36-30-44-46-47-45(36)48-37-17-7-10-20-41(37)53(47)43-22-12-9-19-39(43)49(46)38-18-8-11-21-42(38)52(44)34-15-5-2-6-16-34/h1-30,48,51H. The Labute approximate surface area is 310 Å². The molecular formula is C47H32B2N4. The van der Waals surface area contributed by atoms with Crippen LogP contribution in [0.15, 0.2) is 182 Å². The largest absolute Gasteiger partial charge is 0.355 e. The van der Waals surface area contributed by atoms with Gasteiger partial charge in [0.1, 0.15) is 0 Å². The van der Waals surface area contributed by atoms with Gasteiger partial charge in [0, 0.05) is 63.5 Å². The van der Waals surface area contributed by atoms with Crippen molar-refractivity contribution < 1.29 is 0 Å². The highest BCUT2D eigenvalue weighted by atomic mass is 15.2. The zero-order chi connectivity index (χ0) is 34.9. The molecule has 0 fully saturated rings. The van der Waals surface area contributed by atoms with Gasteiger partial charge < -0.3 is 15.1 Å². The first-order valence-electron chi connectivity index (χ1n) is 18.3. The zero-order valence-electron chi connectivity index (χ0n) is 28.9. The molecule has 4 nitrogen and oxygen atoms in total. The Morgan fingerprint density at radius 1 is 0.509 bits per heavy atom. The Balaban J connectivity index is 1.25. The molecule has 0 amide bonds. The second-order valence-electron chi connectivity index (χ2n) is 14.0. The number of fused-ring (bicyclic) bond motifs is 7. The van der Waals surface area contributed by atoms with Crippen LogP contribution in [-0.4, -0.2) is 19.0 Å².